The van der Waals surface area contributed by atoms with E-state index in [1.54, 1.807) is 35.6 Å². The molecule has 0 saturated carbocycles. The third-order valence-electron chi connectivity index (χ3n) is 9.21. The molecule has 0 bridgehead atoms. The topological polar surface area (TPSA) is 197 Å². The van der Waals surface area contributed by atoms with Gasteiger partial charge in [-0.25, -0.2) is 0 Å². The molecule has 3 aliphatic rings. The lowest BCUT2D eigenvalue weighted by molar-refractivity contribution is -0.136. The van der Waals surface area contributed by atoms with Crippen molar-refractivity contribution in [2.45, 2.75) is 58.5 Å². The number of fused-ring (bicyclic) bond motifs is 4. The second-order valence-corrected chi connectivity index (χ2v) is 14.2. The lowest BCUT2D eigenvalue weighted by Gasteiger charge is -2.27. The zero-order valence-electron chi connectivity index (χ0n) is 28.2. The van der Waals surface area contributed by atoms with Crippen LogP contribution in [0.5, 0.6) is 0 Å². The van der Waals surface area contributed by atoms with Crippen LogP contribution in [0.3, 0.4) is 0 Å². The van der Waals surface area contributed by atoms with E-state index in [-0.39, 0.29) is 43.4 Å². The van der Waals surface area contributed by atoms with Crippen LogP contribution < -0.4 is 21.5 Å². The fraction of sp³-hybridized carbons (Fsp3) is 0.286. The summed E-state index contributed by atoms with van der Waals surface area (Å²) in [6.07, 6.45) is -0.195. The number of thiophene rings is 1. The fourth-order valence-electron chi connectivity index (χ4n) is 6.53. The maximum absolute atomic E-state index is 13.3. The number of aliphatic imine (C=N–C) groups is 1. The first-order valence-electron chi connectivity index (χ1n) is 16.5. The van der Waals surface area contributed by atoms with Gasteiger partial charge in [0.25, 0.3) is 11.8 Å². The number of amides is 6. The molecule has 52 heavy (non-hydrogen) atoms. The molecule has 15 nitrogen and oxygen atoms in total. The molecule has 17 heteroatoms. The van der Waals surface area contributed by atoms with Crippen LogP contribution in [0, 0.1) is 20.8 Å². The lowest BCUT2D eigenvalue weighted by atomic mass is 9.99. The number of nitrogens with zero attached hydrogens (tertiary/aromatic N) is 5. The van der Waals surface area contributed by atoms with Gasteiger partial charge in [0.05, 0.1) is 23.3 Å². The van der Waals surface area contributed by atoms with Gasteiger partial charge in [0.15, 0.2) is 5.82 Å². The van der Waals surface area contributed by atoms with Crippen molar-refractivity contribution >= 4 is 69.8 Å². The Kier molecular flexibility index (Phi) is 9.18. The molecule has 0 spiro atoms. The summed E-state index contributed by atoms with van der Waals surface area (Å²) in [5.41, 5.74) is 8.89. The summed E-state index contributed by atoms with van der Waals surface area (Å²) in [6, 6.07) is 10.2. The third kappa shape index (κ3) is 6.23. The van der Waals surface area contributed by atoms with Crippen molar-refractivity contribution < 1.29 is 28.8 Å². The Hall–Kier alpha value is -5.74. The second kappa shape index (κ2) is 13.8. The van der Waals surface area contributed by atoms with E-state index < -0.39 is 47.5 Å². The molecule has 6 amide bonds. The summed E-state index contributed by atoms with van der Waals surface area (Å²) < 4.78 is 1.93. The maximum Gasteiger partial charge on any atom is 0.264 e. The highest BCUT2D eigenvalue weighted by Gasteiger charge is 2.45. The van der Waals surface area contributed by atoms with E-state index in [0.29, 0.717) is 28.1 Å². The van der Waals surface area contributed by atoms with Crippen molar-refractivity contribution in [1.29, 1.82) is 0 Å². The highest BCUT2D eigenvalue weighted by Crippen LogP contribution is 2.39. The Morgan fingerprint density at radius 3 is 2.46 bits per heavy atom. The van der Waals surface area contributed by atoms with Crippen molar-refractivity contribution in [2.24, 2.45) is 4.99 Å². The molecule has 1 fully saturated rings. The summed E-state index contributed by atoms with van der Waals surface area (Å²) in [5, 5.41) is 15.4. The molecule has 2 aromatic heterocycles. The van der Waals surface area contributed by atoms with E-state index in [0.717, 1.165) is 31.5 Å². The van der Waals surface area contributed by atoms with Gasteiger partial charge in [0.2, 0.25) is 23.6 Å². The van der Waals surface area contributed by atoms with Crippen molar-refractivity contribution in [1.82, 2.24) is 35.8 Å². The standard InChI is InChI=1S/C35H32ClN9O6S/c1-16-17(2)52-35-28(16)30(19-7-9-20(36)10-8-19)38-23(31-43-40-18(3)44(31)35)15-27(48)42-41-26(47)13-14-37-22-6-4-5-21-29(22)34(51)45(33(21)50)24-11-12-25(46)39-32(24)49/h4-10,23-24,37H,11-15H2,1-3H3,(H,41,47)(H,42,48)(H,39,46,49)/t23-,24?/m0/s1. The van der Waals surface area contributed by atoms with Crippen LogP contribution in [0.2, 0.25) is 5.02 Å². The van der Waals surface area contributed by atoms with Gasteiger partial charge in [-0.15, -0.1) is 21.5 Å². The number of imide groups is 2. The fourth-order valence-corrected chi connectivity index (χ4v) is 7.87. The van der Waals surface area contributed by atoms with E-state index in [4.69, 9.17) is 16.6 Å². The number of carbonyl (C=O) groups excluding carboxylic acids is 6. The normalized spacial score (nSPS) is 17.8. The minimum atomic E-state index is -1.10. The maximum atomic E-state index is 13.3. The van der Waals surface area contributed by atoms with Crippen LogP contribution in [0.25, 0.3) is 5.00 Å². The summed E-state index contributed by atoms with van der Waals surface area (Å²) in [5.74, 6) is -2.34. The first-order valence-corrected chi connectivity index (χ1v) is 17.6. The number of hydrogen-bond donors (Lipinski definition) is 4. The molecular formula is C35H32ClN9O6S. The smallest absolute Gasteiger partial charge is 0.264 e. The van der Waals surface area contributed by atoms with Gasteiger partial charge in [-0.2, -0.15) is 0 Å². The Morgan fingerprint density at radius 2 is 1.71 bits per heavy atom. The molecule has 4 aromatic rings. The van der Waals surface area contributed by atoms with Gasteiger partial charge in [0.1, 0.15) is 22.9 Å². The highest BCUT2D eigenvalue weighted by molar-refractivity contribution is 7.15. The predicted molar refractivity (Wildman–Crippen MR) is 190 cm³/mol. The molecule has 2 aromatic carbocycles. The van der Waals surface area contributed by atoms with Crippen LogP contribution in [0.4, 0.5) is 5.69 Å². The van der Waals surface area contributed by atoms with E-state index in [1.165, 1.54) is 6.07 Å². The molecule has 3 aliphatic heterocycles. The summed E-state index contributed by atoms with van der Waals surface area (Å²) in [7, 11) is 0. The Balaban J connectivity index is 1.01. The van der Waals surface area contributed by atoms with E-state index in [2.05, 4.69) is 31.7 Å². The Morgan fingerprint density at radius 1 is 0.962 bits per heavy atom. The number of benzene rings is 2. The van der Waals surface area contributed by atoms with Crippen molar-refractivity contribution in [3.63, 3.8) is 0 Å². The quantitative estimate of drug-likeness (QED) is 0.155. The van der Waals surface area contributed by atoms with Crippen LogP contribution in [0.15, 0.2) is 47.5 Å². The van der Waals surface area contributed by atoms with Crippen molar-refractivity contribution in [3.8, 4) is 5.00 Å². The van der Waals surface area contributed by atoms with E-state index >= 15 is 0 Å². The summed E-state index contributed by atoms with van der Waals surface area (Å²) in [6.45, 7) is 5.97. The summed E-state index contributed by atoms with van der Waals surface area (Å²) >= 11 is 7.78. The number of anilines is 1. The van der Waals surface area contributed by atoms with E-state index in [1.807, 2.05) is 37.5 Å². The van der Waals surface area contributed by atoms with Crippen molar-refractivity contribution in [2.75, 3.05) is 11.9 Å². The second-order valence-electron chi connectivity index (χ2n) is 12.6. The van der Waals surface area contributed by atoms with Gasteiger partial charge >= 0.3 is 0 Å². The van der Waals surface area contributed by atoms with Crippen molar-refractivity contribution in [3.05, 3.63) is 91.8 Å². The molecule has 4 N–H and O–H groups in total. The Labute approximate surface area is 305 Å². The number of carbonyl (C=O) groups is 6. The third-order valence-corrected chi connectivity index (χ3v) is 10.7. The average Bonchev–Trinajstić information content (AvgIpc) is 3.69. The predicted octanol–water partition coefficient (Wildman–Crippen LogP) is 3.24. The SMILES string of the molecule is Cc1sc2c(c1C)C(c1ccc(Cl)cc1)=N[C@@H](CC(=O)NNC(=O)CCNc1cccc3c1C(=O)N(C1CCC(=O)NC1=O)C3=O)c1nnc(C)n1-2. The molecule has 2 atom stereocenters. The number of hydrazine groups is 1. The van der Waals surface area contributed by atoms with Gasteiger partial charge in [-0.3, -0.25) is 59.4 Å². The van der Waals surface area contributed by atoms with Crippen LogP contribution in [-0.2, 0) is 19.2 Å². The Bertz CT molecular complexity index is 2230. The minimum Gasteiger partial charge on any atom is -0.384 e. The first-order chi connectivity index (χ1) is 24.9. The number of halogens is 1. The minimum absolute atomic E-state index is 0.00933. The van der Waals surface area contributed by atoms with Crippen LogP contribution >= 0.6 is 22.9 Å². The summed E-state index contributed by atoms with van der Waals surface area (Å²) in [4.78, 5) is 83.5. The van der Waals surface area contributed by atoms with Gasteiger partial charge in [-0.1, -0.05) is 29.8 Å². The average molecular weight is 742 g/mol. The van der Waals surface area contributed by atoms with Crippen LogP contribution in [0.1, 0.15) is 85.7 Å². The first kappa shape index (κ1) is 34.7. The molecule has 0 aliphatic carbocycles. The van der Waals surface area contributed by atoms with Gasteiger partial charge < -0.3 is 5.32 Å². The van der Waals surface area contributed by atoms with E-state index in [9.17, 15) is 28.8 Å². The monoisotopic (exact) mass is 741 g/mol. The zero-order chi connectivity index (χ0) is 36.8. The molecule has 266 valence electrons. The molecule has 5 heterocycles. The number of rotatable bonds is 8. The zero-order valence-corrected chi connectivity index (χ0v) is 29.8. The van der Waals surface area contributed by atoms with Gasteiger partial charge in [-0.05, 0) is 57.0 Å². The van der Waals surface area contributed by atoms with Crippen LogP contribution in [-0.4, -0.2) is 73.4 Å². The molecule has 0 radical (unpaired) electrons. The number of nitrogens with one attached hydrogen (secondary N) is 4. The number of hydrogen-bond acceptors (Lipinski definition) is 11. The highest BCUT2D eigenvalue weighted by atomic mass is 35.5. The number of piperidine rings is 1. The number of aryl methyl sites for hydroxylation is 2. The molecule has 1 unspecified atom stereocenters. The molecule has 1 saturated heterocycles. The molecule has 7 rings (SSSR count). The van der Waals surface area contributed by atoms with Gasteiger partial charge in [0, 0.05) is 46.1 Å². The number of aromatic nitrogens is 3. The largest absolute Gasteiger partial charge is 0.384 e. The molecular weight excluding hydrogens is 710 g/mol. The lowest BCUT2D eigenvalue weighted by Crippen LogP contribution is -2.54.